The SMILES string of the molecule is Clc1cccc(Cl)c1OCCN1CCOCC1.O=C(O)C(=O)O. The van der Waals surface area contributed by atoms with Crippen molar-refractivity contribution < 1.29 is 29.3 Å². The van der Waals surface area contributed by atoms with Crippen molar-refractivity contribution in [2.75, 3.05) is 39.5 Å². The first-order valence-corrected chi connectivity index (χ1v) is 7.50. The zero-order valence-corrected chi connectivity index (χ0v) is 13.7. The summed E-state index contributed by atoms with van der Waals surface area (Å²) in [5, 5.41) is 15.9. The van der Waals surface area contributed by atoms with Gasteiger partial charge in [-0.15, -0.1) is 0 Å². The molecule has 128 valence electrons. The van der Waals surface area contributed by atoms with E-state index in [-0.39, 0.29) is 0 Å². The Hall–Kier alpha value is -1.54. The minimum absolute atomic E-state index is 0.555. The van der Waals surface area contributed by atoms with Crippen LogP contribution in [0.5, 0.6) is 5.75 Å². The largest absolute Gasteiger partial charge is 0.489 e. The van der Waals surface area contributed by atoms with E-state index in [0.717, 1.165) is 32.8 Å². The van der Waals surface area contributed by atoms with E-state index in [0.29, 0.717) is 22.4 Å². The molecule has 1 aromatic rings. The first-order chi connectivity index (χ1) is 10.9. The molecule has 0 radical (unpaired) electrons. The lowest BCUT2D eigenvalue weighted by atomic mass is 10.3. The average Bonchev–Trinajstić information content (AvgIpc) is 2.52. The Balaban J connectivity index is 0.000000379. The van der Waals surface area contributed by atoms with Crippen molar-refractivity contribution >= 4 is 35.1 Å². The van der Waals surface area contributed by atoms with Crippen LogP contribution in [-0.4, -0.2) is 66.5 Å². The Kier molecular flexibility index (Phi) is 8.71. The molecule has 1 fully saturated rings. The highest BCUT2D eigenvalue weighted by Gasteiger charge is 2.11. The molecule has 0 aromatic heterocycles. The Morgan fingerprint density at radius 2 is 1.65 bits per heavy atom. The fourth-order valence-corrected chi connectivity index (χ4v) is 2.23. The summed E-state index contributed by atoms with van der Waals surface area (Å²) in [5.41, 5.74) is 0. The summed E-state index contributed by atoms with van der Waals surface area (Å²) in [6.07, 6.45) is 0. The molecular formula is C14H17Cl2NO6. The zero-order chi connectivity index (χ0) is 17.2. The first kappa shape index (κ1) is 19.5. The highest BCUT2D eigenvalue weighted by Crippen LogP contribution is 2.32. The fourth-order valence-electron chi connectivity index (χ4n) is 1.72. The molecule has 0 unspecified atom stereocenters. The lowest BCUT2D eigenvalue weighted by molar-refractivity contribution is -0.159. The van der Waals surface area contributed by atoms with Gasteiger partial charge in [-0.3, -0.25) is 4.90 Å². The van der Waals surface area contributed by atoms with E-state index in [1.54, 1.807) is 18.2 Å². The number of benzene rings is 1. The van der Waals surface area contributed by atoms with Crippen molar-refractivity contribution in [3.05, 3.63) is 28.2 Å². The van der Waals surface area contributed by atoms with Crippen LogP contribution in [0.25, 0.3) is 0 Å². The summed E-state index contributed by atoms with van der Waals surface area (Å²) in [6, 6.07) is 5.36. The number of morpholine rings is 1. The van der Waals surface area contributed by atoms with Crippen molar-refractivity contribution in [1.82, 2.24) is 4.90 Å². The van der Waals surface area contributed by atoms with Crippen molar-refractivity contribution in [3.8, 4) is 5.75 Å². The van der Waals surface area contributed by atoms with Gasteiger partial charge in [0.25, 0.3) is 0 Å². The monoisotopic (exact) mass is 365 g/mol. The number of rotatable bonds is 4. The average molecular weight is 366 g/mol. The number of para-hydroxylation sites is 1. The standard InChI is InChI=1S/C12H15Cl2NO2.C2H2O4/c13-10-2-1-3-11(14)12(10)17-9-6-15-4-7-16-8-5-15;3-1(4)2(5)6/h1-3H,4-9H2;(H,3,4)(H,5,6). The smallest absolute Gasteiger partial charge is 0.414 e. The summed E-state index contributed by atoms with van der Waals surface area (Å²) in [5.74, 6) is -3.07. The molecule has 1 heterocycles. The van der Waals surface area contributed by atoms with Gasteiger partial charge < -0.3 is 19.7 Å². The van der Waals surface area contributed by atoms with Gasteiger partial charge >= 0.3 is 11.9 Å². The van der Waals surface area contributed by atoms with Crippen LogP contribution in [0.1, 0.15) is 0 Å². The molecular weight excluding hydrogens is 349 g/mol. The molecule has 0 aliphatic carbocycles. The van der Waals surface area contributed by atoms with E-state index in [9.17, 15) is 0 Å². The van der Waals surface area contributed by atoms with Crippen LogP contribution in [0.3, 0.4) is 0 Å². The minimum Gasteiger partial charge on any atom is -0.489 e. The Morgan fingerprint density at radius 3 is 2.13 bits per heavy atom. The number of hydrogen-bond donors (Lipinski definition) is 2. The number of aliphatic carboxylic acids is 2. The number of carboxylic acids is 2. The third-order valence-corrected chi connectivity index (χ3v) is 3.45. The quantitative estimate of drug-likeness (QED) is 0.785. The Labute approximate surface area is 143 Å². The summed E-state index contributed by atoms with van der Waals surface area (Å²) in [4.78, 5) is 20.5. The van der Waals surface area contributed by atoms with Crippen LogP contribution in [-0.2, 0) is 14.3 Å². The van der Waals surface area contributed by atoms with E-state index in [2.05, 4.69) is 4.90 Å². The van der Waals surface area contributed by atoms with Gasteiger partial charge in [-0.1, -0.05) is 29.3 Å². The predicted molar refractivity (Wildman–Crippen MR) is 84.5 cm³/mol. The molecule has 9 heteroatoms. The van der Waals surface area contributed by atoms with Gasteiger partial charge in [0, 0.05) is 19.6 Å². The van der Waals surface area contributed by atoms with Gasteiger partial charge in [0.2, 0.25) is 0 Å². The molecule has 2 rings (SSSR count). The second-order valence-corrected chi connectivity index (χ2v) is 5.28. The lowest BCUT2D eigenvalue weighted by Crippen LogP contribution is -2.38. The maximum atomic E-state index is 9.10. The number of hydrogen-bond acceptors (Lipinski definition) is 5. The molecule has 0 bridgehead atoms. The van der Waals surface area contributed by atoms with Crippen LogP contribution >= 0.6 is 23.2 Å². The van der Waals surface area contributed by atoms with Crippen LogP contribution in [0.15, 0.2) is 18.2 Å². The van der Waals surface area contributed by atoms with Gasteiger partial charge in [-0.05, 0) is 12.1 Å². The van der Waals surface area contributed by atoms with Gasteiger partial charge in [0.1, 0.15) is 6.61 Å². The van der Waals surface area contributed by atoms with Crippen molar-refractivity contribution in [3.63, 3.8) is 0 Å². The van der Waals surface area contributed by atoms with Crippen LogP contribution in [0.2, 0.25) is 10.0 Å². The maximum absolute atomic E-state index is 9.10. The third-order valence-electron chi connectivity index (χ3n) is 2.86. The van der Waals surface area contributed by atoms with Gasteiger partial charge in [-0.2, -0.15) is 0 Å². The number of ether oxygens (including phenoxy) is 2. The number of carbonyl (C=O) groups is 2. The van der Waals surface area contributed by atoms with Gasteiger partial charge in [0.05, 0.1) is 23.3 Å². The van der Waals surface area contributed by atoms with E-state index < -0.39 is 11.9 Å². The molecule has 1 aromatic carbocycles. The van der Waals surface area contributed by atoms with Crippen LogP contribution < -0.4 is 4.74 Å². The zero-order valence-electron chi connectivity index (χ0n) is 12.2. The maximum Gasteiger partial charge on any atom is 0.414 e. The normalized spacial score (nSPS) is 14.5. The molecule has 0 spiro atoms. The molecule has 0 saturated carbocycles. The van der Waals surface area contributed by atoms with Crippen molar-refractivity contribution in [1.29, 1.82) is 0 Å². The number of nitrogens with zero attached hydrogens (tertiary/aromatic N) is 1. The second kappa shape index (κ2) is 10.3. The highest BCUT2D eigenvalue weighted by atomic mass is 35.5. The molecule has 23 heavy (non-hydrogen) atoms. The summed E-state index contributed by atoms with van der Waals surface area (Å²) in [6.45, 7) is 4.97. The summed E-state index contributed by atoms with van der Waals surface area (Å²) < 4.78 is 10.9. The fraction of sp³-hybridized carbons (Fsp3) is 0.429. The summed E-state index contributed by atoms with van der Waals surface area (Å²) in [7, 11) is 0. The van der Waals surface area contributed by atoms with E-state index in [1.807, 2.05) is 0 Å². The molecule has 0 atom stereocenters. The van der Waals surface area contributed by atoms with Crippen LogP contribution in [0.4, 0.5) is 0 Å². The van der Waals surface area contributed by atoms with Crippen molar-refractivity contribution in [2.45, 2.75) is 0 Å². The summed E-state index contributed by atoms with van der Waals surface area (Å²) >= 11 is 12.0. The number of halogens is 2. The third kappa shape index (κ3) is 7.51. The molecule has 1 aliphatic heterocycles. The molecule has 1 saturated heterocycles. The Bertz CT molecular complexity index is 502. The second-order valence-electron chi connectivity index (χ2n) is 4.46. The first-order valence-electron chi connectivity index (χ1n) is 6.75. The van der Waals surface area contributed by atoms with Gasteiger partial charge in [-0.25, -0.2) is 9.59 Å². The van der Waals surface area contributed by atoms with E-state index >= 15 is 0 Å². The topological polar surface area (TPSA) is 96.3 Å². The highest BCUT2D eigenvalue weighted by molar-refractivity contribution is 6.37. The van der Waals surface area contributed by atoms with Crippen molar-refractivity contribution in [2.24, 2.45) is 0 Å². The molecule has 1 aliphatic rings. The molecule has 0 amide bonds. The minimum atomic E-state index is -1.82. The molecule has 7 nitrogen and oxygen atoms in total. The van der Waals surface area contributed by atoms with Crippen LogP contribution in [0, 0.1) is 0 Å². The van der Waals surface area contributed by atoms with Gasteiger partial charge in [0.15, 0.2) is 5.75 Å². The predicted octanol–water partition coefficient (Wildman–Crippen LogP) is 1.86. The Morgan fingerprint density at radius 1 is 1.13 bits per heavy atom. The number of carboxylic acid groups (broad SMARTS) is 2. The van der Waals surface area contributed by atoms with E-state index in [4.69, 9.17) is 52.5 Å². The molecule has 2 N–H and O–H groups in total. The lowest BCUT2D eigenvalue weighted by Gasteiger charge is -2.26. The van der Waals surface area contributed by atoms with E-state index in [1.165, 1.54) is 0 Å².